The van der Waals surface area contributed by atoms with E-state index in [1.54, 1.807) is 0 Å². The Bertz CT molecular complexity index is 428. The SMILES string of the molecule is NC1CCC(CNS(=O)(=O)c2cn[nH]c2)C1. The molecule has 2 atom stereocenters. The van der Waals surface area contributed by atoms with E-state index < -0.39 is 10.0 Å². The molecule has 7 heteroatoms. The van der Waals surface area contributed by atoms with Gasteiger partial charge in [-0.15, -0.1) is 0 Å². The first-order valence-electron chi connectivity index (χ1n) is 5.32. The van der Waals surface area contributed by atoms with Gasteiger partial charge in [0.05, 0.1) is 6.20 Å². The van der Waals surface area contributed by atoms with Crippen LogP contribution in [0.15, 0.2) is 17.3 Å². The number of nitrogens with one attached hydrogen (secondary N) is 2. The second kappa shape index (κ2) is 4.52. The highest BCUT2D eigenvalue weighted by atomic mass is 32.2. The molecule has 2 unspecified atom stereocenters. The third kappa shape index (κ3) is 2.60. The number of rotatable bonds is 4. The number of nitrogens with zero attached hydrogens (tertiary/aromatic N) is 1. The summed E-state index contributed by atoms with van der Waals surface area (Å²) < 4.78 is 26.0. The van der Waals surface area contributed by atoms with Crippen molar-refractivity contribution >= 4 is 10.0 Å². The molecule has 90 valence electrons. The molecule has 0 radical (unpaired) electrons. The van der Waals surface area contributed by atoms with Gasteiger partial charge in [0.1, 0.15) is 4.90 Å². The molecule has 1 heterocycles. The standard InChI is InChI=1S/C9H16N4O2S/c10-8-2-1-7(3-8)4-13-16(14,15)9-5-11-12-6-9/h5-8,13H,1-4,10H2,(H,11,12). The third-order valence-corrected chi connectivity index (χ3v) is 4.32. The molecule has 0 saturated heterocycles. The maximum absolute atomic E-state index is 11.7. The fourth-order valence-corrected chi connectivity index (χ4v) is 3.02. The van der Waals surface area contributed by atoms with Crippen LogP contribution in [0, 0.1) is 5.92 Å². The van der Waals surface area contributed by atoms with Crippen LogP contribution in [-0.4, -0.2) is 31.2 Å². The molecule has 1 aliphatic rings. The minimum atomic E-state index is -3.41. The van der Waals surface area contributed by atoms with E-state index in [-0.39, 0.29) is 10.9 Å². The van der Waals surface area contributed by atoms with Crippen LogP contribution in [0.2, 0.25) is 0 Å². The quantitative estimate of drug-likeness (QED) is 0.683. The summed E-state index contributed by atoms with van der Waals surface area (Å²) in [4.78, 5) is 0.176. The monoisotopic (exact) mass is 244 g/mol. The molecule has 4 N–H and O–H groups in total. The van der Waals surface area contributed by atoms with Gasteiger partial charge >= 0.3 is 0 Å². The number of H-pyrrole nitrogens is 1. The summed E-state index contributed by atoms with van der Waals surface area (Å²) in [6.07, 6.45) is 5.53. The van der Waals surface area contributed by atoms with E-state index in [4.69, 9.17) is 5.73 Å². The number of nitrogens with two attached hydrogens (primary N) is 1. The fourth-order valence-electron chi connectivity index (χ4n) is 2.00. The van der Waals surface area contributed by atoms with Crippen LogP contribution in [0.4, 0.5) is 0 Å². The Balaban J connectivity index is 1.91. The van der Waals surface area contributed by atoms with Crippen molar-refractivity contribution in [3.05, 3.63) is 12.4 Å². The van der Waals surface area contributed by atoms with Gasteiger partial charge in [-0.2, -0.15) is 5.10 Å². The molecule has 1 aromatic heterocycles. The summed E-state index contributed by atoms with van der Waals surface area (Å²) in [5, 5.41) is 6.10. The number of sulfonamides is 1. The van der Waals surface area contributed by atoms with Gasteiger partial charge in [0.2, 0.25) is 10.0 Å². The zero-order valence-corrected chi connectivity index (χ0v) is 9.70. The number of aromatic nitrogens is 2. The lowest BCUT2D eigenvalue weighted by molar-refractivity contribution is 0.512. The molecule has 0 bridgehead atoms. The van der Waals surface area contributed by atoms with Crippen molar-refractivity contribution in [2.24, 2.45) is 11.7 Å². The molecule has 6 nitrogen and oxygen atoms in total. The number of hydrogen-bond acceptors (Lipinski definition) is 4. The van der Waals surface area contributed by atoms with Crippen LogP contribution in [0.3, 0.4) is 0 Å². The van der Waals surface area contributed by atoms with E-state index in [1.807, 2.05) is 0 Å². The summed E-state index contributed by atoms with van der Waals surface area (Å²) in [6.45, 7) is 0.460. The first-order valence-corrected chi connectivity index (χ1v) is 6.80. The normalized spacial score (nSPS) is 26.1. The average Bonchev–Trinajstić information content (AvgIpc) is 2.85. The Morgan fingerprint density at radius 1 is 1.56 bits per heavy atom. The van der Waals surface area contributed by atoms with Crippen molar-refractivity contribution in [2.75, 3.05) is 6.54 Å². The van der Waals surface area contributed by atoms with Crippen LogP contribution < -0.4 is 10.5 Å². The zero-order chi connectivity index (χ0) is 11.6. The van der Waals surface area contributed by atoms with Crippen molar-refractivity contribution in [2.45, 2.75) is 30.2 Å². The van der Waals surface area contributed by atoms with Crippen molar-refractivity contribution in [1.29, 1.82) is 0 Å². The van der Waals surface area contributed by atoms with Crippen molar-refractivity contribution < 1.29 is 8.42 Å². The van der Waals surface area contributed by atoms with Gasteiger partial charge in [-0.1, -0.05) is 0 Å². The summed E-state index contributed by atoms with van der Waals surface area (Å²) >= 11 is 0. The van der Waals surface area contributed by atoms with E-state index >= 15 is 0 Å². The molecule has 1 aromatic rings. The third-order valence-electron chi connectivity index (χ3n) is 2.93. The minimum Gasteiger partial charge on any atom is -0.328 e. The van der Waals surface area contributed by atoms with E-state index in [9.17, 15) is 8.42 Å². The maximum Gasteiger partial charge on any atom is 0.243 e. The summed E-state index contributed by atoms with van der Waals surface area (Å²) in [5.41, 5.74) is 5.77. The highest BCUT2D eigenvalue weighted by molar-refractivity contribution is 7.89. The second-order valence-corrected chi connectivity index (χ2v) is 5.99. The summed E-state index contributed by atoms with van der Waals surface area (Å²) in [5.74, 6) is 0.358. The molecule has 0 amide bonds. The minimum absolute atomic E-state index is 0.176. The fraction of sp³-hybridized carbons (Fsp3) is 0.667. The lowest BCUT2D eigenvalue weighted by atomic mass is 10.1. The van der Waals surface area contributed by atoms with Crippen LogP contribution >= 0.6 is 0 Å². The highest BCUT2D eigenvalue weighted by Gasteiger charge is 2.24. The Morgan fingerprint density at radius 2 is 2.38 bits per heavy atom. The molecule has 16 heavy (non-hydrogen) atoms. The molecule has 0 spiro atoms. The molecule has 1 aliphatic carbocycles. The van der Waals surface area contributed by atoms with Crippen molar-refractivity contribution in [1.82, 2.24) is 14.9 Å². The Hall–Kier alpha value is -0.920. The van der Waals surface area contributed by atoms with Gasteiger partial charge in [-0.25, -0.2) is 13.1 Å². The van der Waals surface area contributed by atoms with E-state index in [0.29, 0.717) is 12.5 Å². The lowest BCUT2D eigenvalue weighted by Gasteiger charge is -2.10. The van der Waals surface area contributed by atoms with Crippen molar-refractivity contribution in [3.63, 3.8) is 0 Å². The summed E-state index contributed by atoms with van der Waals surface area (Å²) in [6, 6.07) is 0.225. The van der Waals surface area contributed by atoms with Gasteiger partial charge in [-0.05, 0) is 25.2 Å². The highest BCUT2D eigenvalue weighted by Crippen LogP contribution is 2.23. The van der Waals surface area contributed by atoms with E-state index in [2.05, 4.69) is 14.9 Å². The molecule has 0 aliphatic heterocycles. The maximum atomic E-state index is 11.7. The predicted octanol–water partition coefficient (Wildman–Crippen LogP) is -0.185. The second-order valence-electron chi connectivity index (χ2n) is 4.23. The Morgan fingerprint density at radius 3 is 2.94 bits per heavy atom. The average molecular weight is 244 g/mol. The predicted molar refractivity (Wildman–Crippen MR) is 59.1 cm³/mol. The van der Waals surface area contributed by atoms with Gasteiger partial charge in [0.15, 0.2) is 0 Å². The molecule has 2 rings (SSSR count). The van der Waals surface area contributed by atoms with Gasteiger partial charge in [0.25, 0.3) is 0 Å². The van der Waals surface area contributed by atoms with Gasteiger partial charge in [0, 0.05) is 18.8 Å². The first kappa shape index (κ1) is 11.6. The van der Waals surface area contributed by atoms with E-state index in [1.165, 1.54) is 12.4 Å². The zero-order valence-electron chi connectivity index (χ0n) is 8.89. The number of aromatic amines is 1. The molecular weight excluding hydrogens is 228 g/mol. The molecule has 1 saturated carbocycles. The molecular formula is C9H16N4O2S. The van der Waals surface area contributed by atoms with Crippen LogP contribution in [0.1, 0.15) is 19.3 Å². The Kier molecular flexibility index (Phi) is 3.27. The molecule has 1 fully saturated rings. The molecule has 0 aromatic carbocycles. The topological polar surface area (TPSA) is 101 Å². The van der Waals surface area contributed by atoms with Crippen molar-refractivity contribution in [3.8, 4) is 0 Å². The van der Waals surface area contributed by atoms with E-state index in [0.717, 1.165) is 19.3 Å². The van der Waals surface area contributed by atoms with Gasteiger partial charge in [-0.3, -0.25) is 5.10 Å². The van der Waals surface area contributed by atoms with Gasteiger partial charge < -0.3 is 5.73 Å². The number of hydrogen-bond donors (Lipinski definition) is 3. The van der Waals surface area contributed by atoms with Crippen LogP contribution in [0.25, 0.3) is 0 Å². The largest absolute Gasteiger partial charge is 0.328 e. The smallest absolute Gasteiger partial charge is 0.243 e. The first-order chi connectivity index (χ1) is 7.58. The lowest BCUT2D eigenvalue weighted by Crippen LogP contribution is -2.29. The Labute approximate surface area is 94.7 Å². The van der Waals surface area contributed by atoms with Crippen LogP contribution in [0.5, 0.6) is 0 Å². The van der Waals surface area contributed by atoms with Crippen LogP contribution in [-0.2, 0) is 10.0 Å². The summed E-state index contributed by atoms with van der Waals surface area (Å²) in [7, 11) is -3.41.